The zero-order valence-corrected chi connectivity index (χ0v) is 16.5. The molecule has 4 aromatic carbocycles. The van der Waals surface area contributed by atoms with Crippen LogP contribution in [-0.4, -0.2) is 9.97 Å². The van der Waals surface area contributed by atoms with Crippen molar-refractivity contribution in [2.75, 3.05) is 0 Å². The largest absolute Gasteiger partial charge is 0.256 e. The van der Waals surface area contributed by atoms with Gasteiger partial charge in [0.2, 0.25) is 0 Å². The molecular formula is C28H20N2. The number of aryl methyl sites for hydroxylation is 2. The van der Waals surface area contributed by atoms with Crippen LogP contribution in [0.4, 0.5) is 0 Å². The molecule has 6 rings (SSSR count). The van der Waals surface area contributed by atoms with Crippen LogP contribution in [0.25, 0.3) is 43.4 Å². The number of nitrogens with zero attached hydrogens (tertiary/aromatic N) is 2. The molecule has 30 heavy (non-hydrogen) atoms. The number of benzene rings is 4. The van der Waals surface area contributed by atoms with Gasteiger partial charge in [0.25, 0.3) is 0 Å². The Morgan fingerprint density at radius 3 is 1.37 bits per heavy atom. The van der Waals surface area contributed by atoms with Crippen molar-refractivity contribution in [1.29, 1.82) is 0 Å². The Bertz CT molecular complexity index is 1430. The molecule has 0 saturated carbocycles. The van der Waals surface area contributed by atoms with Gasteiger partial charge in [-0.3, -0.25) is 9.97 Å². The molecule has 2 aromatic heterocycles. The van der Waals surface area contributed by atoms with Gasteiger partial charge >= 0.3 is 0 Å². The molecule has 0 fully saturated rings. The molecule has 0 aliphatic rings. The van der Waals surface area contributed by atoms with Gasteiger partial charge in [-0.25, -0.2) is 0 Å². The van der Waals surface area contributed by atoms with E-state index in [0.717, 1.165) is 23.9 Å². The first-order valence-corrected chi connectivity index (χ1v) is 10.4. The van der Waals surface area contributed by atoms with Crippen LogP contribution in [0.1, 0.15) is 11.1 Å². The molecule has 6 aromatic rings. The normalized spacial score (nSPS) is 11.6. The summed E-state index contributed by atoms with van der Waals surface area (Å²) in [5.41, 5.74) is 4.88. The molecule has 0 unspecified atom stereocenters. The number of rotatable bonds is 3. The van der Waals surface area contributed by atoms with Crippen molar-refractivity contribution in [3.63, 3.8) is 0 Å². The van der Waals surface area contributed by atoms with Gasteiger partial charge in [-0.05, 0) is 46.9 Å². The van der Waals surface area contributed by atoms with Gasteiger partial charge in [-0.1, -0.05) is 72.8 Å². The summed E-state index contributed by atoms with van der Waals surface area (Å²) in [7, 11) is 0. The van der Waals surface area contributed by atoms with Crippen molar-refractivity contribution in [2.45, 2.75) is 12.8 Å². The molecule has 0 amide bonds. The molecule has 0 bridgehead atoms. The van der Waals surface area contributed by atoms with Crippen LogP contribution in [0, 0.1) is 0 Å². The standard InChI is InChI=1S/C28H20N2/c1-5-19(25-21(7-1)13-15-23-9-3-17-29-27(23)25)11-12-20-6-2-8-22-14-16-24-10-4-18-30-28(24)26(20)22/h1-10,13-18H,11-12H2. The van der Waals surface area contributed by atoms with Crippen molar-refractivity contribution in [3.05, 3.63) is 108 Å². The summed E-state index contributed by atoms with van der Waals surface area (Å²) in [4.78, 5) is 9.41. The Hall–Kier alpha value is -3.78. The molecule has 0 aliphatic carbocycles. The SMILES string of the molecule is c1cnc2c(c1)ccc1cccc(CCc3cccc4ccc5cccnc5c34)c12. The van der Waals surface area contributed by atoms with Crippen LogP contribution in [-0.2, 0) is 12.8 Å². The summed E-state index contributed by atoms with van der Waals surface area (Å²) >= 11 is 0. The quantitative estimate of drug-likeness (QED) is 0.311. The van der Waals surface area contributed by atoms with E-state index in [1.54, 1.807) is 0 Å². The fourth-order valence-corrected chi connectivity index (χ4v) is 4.66. The lowest BCUT2D eigenvalue weighted by Crippen LogP contribution is -1.96. The van der Waals surface area contributed by atoms with Crippen LogP contribution in [0.15, 0.2) is 97.3 Å². The number of aromatic nitrogens is 2. The van der Waals surface area contributed by atoms with E-state index in [2.05, 4.69) is 72.8 Å². The number of hydrogen-bond donors (Lipinski definition) is 0. The monoisotopic (exact) mass is 384 g/mol. The van der Waals surface area contributed by atoms with Crippen LogP contribution in [0.2, 0.25) is 0 Å². The molecule has 2 heteroatoms. The van der Waals surface area contributed by atoms with E-state index in [-0.39, 0.29) is 0 Å². The van der Waals surface area contributed by atoms with E-state index >= 15 is 0 Å². The van der Waals surface area contributed by atoms with Crippen molar-refractivity contribution in [2.24, 2.45) is 0 Å². The summed E-state index contributed by atoms with van der Waals surface area (Å²) in [6.45, 7) is 0. The second kappa shape index (κ2) is 6.93. The zero-order valence-electron chi connectivity index (χ0n) is 16.5. The highest BCUT2D eigenvalue weighted by Crippen LogP contribution is 2.30. The molecule has 0 N–H and O–H groups in total. The minimum absolute atomic E-state index is 0.968. The van der Waals surface area contributed by atoms with Gasteiger partial charge in [0, 0.05) is 33.9 Å². The minimum atomic E-state index is 0.968. The van der Waals surface area contributed by atoms with E-state index in [0.29, 0.717) is 0 Å². The summed E-state index contributed by atoms with van der Waals surface area (Å²) in [6.07, 6.45) is 5.72. The van der Waals surface area contributed by atoms with Crippen molar-refractivity contribution < 1.29 is 0 Å². The minimum Gasteiger partial charge on any atom is -0.256 e. The number of hydrogen-bond acceptors (Lipinski definition) is 2. The second-order valence-corrected chi connectivity index (χ2v) is 7.81. The summed E-state index contributed by atoms with van der Waals surface area (Å²) in [5.74, 6) is 0. The Balaban J connectivity index is 1.49. The van der Waals surface area contributed by atoms with Crippen LogP contribution < -0.4 is 0 Å². The molecule has 2 heterocycles. The van der Waals surface area contributed by atoms with E-state index in [9.17, 15) is 0 Å². The maximum atomic E-state index is 4.71. The van der Waals surface area contributed by atoms with E-state index < -0.39 is 0 Å². The Kier molecular flexibility index (Phi) is 3.95. The molecular weight excluding hydrogens is 364 g/mol. The Morgan fingerprint density at radius 1 is 0.433 bits per heavy atom. The fourth-order valence-electron chi connectivity index (χ4n) is 4.66. The first-order chi connectivity index (χ1) is 14.9. The average Bonchev–Trinajstić information content (AvgIpc) is 2.82. The van der Waals surface area contributed by atoms with Gasteiger partial charge < -0.3 is 0 Å². The number of fused-ring (bicyclic) bond motifs is 6. The summed E-state index contributed by atoms with van der Waals surface area (Å²) in [6, 6.07) is 30.2. The third-order valence-corrected chi connectivity index (χ3v) is 6.07. The lowest BCUT2D eigenvalue weighted by molar-refractivity contribution is 0.979. The van der Waals surface area contributed by atoms with Gasteiger partial charge in [0.05, 0.1) is 11.0 Å². The molecule has 0 atom stereocenters. The van der Waals surface area contributed by atoms with Gasteiger partial charge in [-0.15, -0.1) is 0 Å². The first-order valence-electron chi connectivity index (χ1n) is 10.4. The van der Waals surface area contributed by atoms with Gasteiger partial charge in [-0.2, -0.15) is 0 Å². The number of pyridine rings is 2. The third kappa shape index (κ3) is 2.73. The molecule has 142 valence electrons. The van der Waals surface area contributed by atoms with Crippen LogP contribution in [0.5, 0.6) is 0 Å². The Morgan fingerprint density at radius 2 is 0.867 bits per heavy atom. The fraction of sp³-hybridized carbons (Fsp3) is 0.0714. The molecule has 0 spiro atoms. The highest BCUT2D eigenvalue weighted by molar-refractivity contribution is 6.08. The highest BCUT2D eigenvalue weighted by atomic mass is 14.7. The van der Waals surface area contributed by atoms with E-state index in [1.165, 1.54) is 43.4 Å². The van der Waals surface area contributed by atoms with Crippen molar-refractivity contribution in [3.8, 4) is 0 Å². The first kappa shape index (κ1) is 17.1. The lowest BCUT2D eigenvalue weighted by atomic mass is 9.93. The molecule has 2 nitrogen and oxygen atoms in total. The second-order valence-electron chi connectivity index (χ2n) is 7.81. The summed E-state index contributed by atoms with van der Waals surface area (Å²) in [5, 5.41) is 7.45. The topological polar surface area (TPSA) is 25.8 Å². The van der Waals surface area contributed by atoms with Crippen LogP contribution in [0.3, 0.4) is 0 Å². The van der Waals surface area contributed by atoms with Crippen LogP contribution >= 0.6 is 0 Å². The predicted molar refractivity (Wildman–Crippen MR) is 126 cm³/mol. The maximum absolute atomic E-state index is 4.71. The van der Waals surface area contributed by atoms with E-state index in [1.807, 2.05) is 24.5 Å². The van der Waals surface area contributed by atoms with Gasteiger partial charge in [0.1, 0.15) is 0 Å². The zero-order chi connectivity index (χ0) is 19.9. The Labute approximate surface area is 174 Å². The molecule has 0 aliphatic heterocycles. The summed E-state index contributed by atoms with van der Waals surface area (Å²) < 4.78 is 0. The lowest BCUT2D eigenvalue weighted by Gasteiger charge is -2.12. The smallest absolute Gasteiger partial charge is 0.0783 e. The highest BCUT2D eigenvalue weighted by Gasteiger charge is 2.10. The van der Waals surface area contributed by atoms with Crippen molar-refractivity contribution >= 4 is 43.4 Å². The van der Waals surface area contributed by atoms with Crippen molar-refractivity contribution in [1.82, 2.24) is 9.97 Å². The maximum Gasteiger partial charge on any atom is 0.0783 e. The molecule has 0 radical (unpaired) electrons. The van der Waals surface area contributed by atoms with Gasteiger partial charge in [0.15, 0.2) is 0 Å². The third-order valence-electron chi connectivity index (χ3n) is 6.07. The molecule has 0 saturated heterocycles. The average molecular weight is 384 g/mol. The predicted octanol–water partition coefficient (Wildman–Crippen LogP) is 6.87. The van der Waals surface area contributed by atoms with E-state index in [4.69, 9.17) is 9.97 Å².